The van der Waals surface area contributed by atoms with Gasteiger partial charge in [-0.25, -0.2) is 0 Å². The van der Waals surface area contributed by atoms with Gasteiger partial charge in [0.1, 0.15) is 5.84 Å². The van der Waals surface area contributed by atoms with E-state index in [1.54, 1.807) is 0 Å². The Morgan fingerprint density at radius 3 is 2.47 bits per heavy atom. The lowest BCUT2D eigenvalue weighted by Gasteiger charge is -2.23. The molecule has 0 aromatic rings. The van der Waals surface area contributed by atoms with E-state index in [0.29, 0.717) is 11.8 Å². The summed E-state index contributed by atoms with van der Waals surface area (Å²) in [6, 6.07) is 0. The summed E-state index contributed by atoms with van der Waals surface area (Å²) in [5, 5.41) is 11.6. The quantitative estimate of drug-likeness (QED) is 0.294. The lowest BCUT2D eigenvalue weighted by Crippen LogP contribution is -2.34. The molecule has 0 saturated heterocycles. The average molecular weight is 215 g/mol. The zero-order chi connectivity index (χ0) is 11.8. The molecule has 0 aliphatic rings. The summed E-state index contributed by atoms with van der Waals surface area (Å²) in [5.41, 5.74) is 5.53. The zero-order valence-electron chi connectivity index (χ0n) is 10.4. The number of rotatable bonds is 7. The van der Waals surface area contributed by atoms with Gasteiger partial charge >= 0.3 is 0 Å². The number of amidine groups is 1. The summed E-state index contributed by atoms with van der Waals surface area (Å²) in [5.74, 6) is 1.12. The minimum Gasteiger partial charge on any atom is -0.409 e. The predicted molar refractivity (Wildman–Crippen MR) is 64.1 cm³/mol. The fourth-order valence-electron chi connectivity index (χ4n) is 1.85. The fourth-order valence-corrected chi connectivity index (χ4v) is 1.85. The first kappa shape index (κ1) is 14.2. The largest absolute Gasteiger partial charge is 0.409 e. The average Bonchev–Trinajstić information content (AvgIpc) is 2.16. The third-order valence-electron chi connectivity index (χ3n) is 2.61. The molecule has 0 aliphatic carbocycles. The molecule has 2 atom stereocenters. The van der Waals surface area contributed by atoms with Crippen molar-refractivity contribution >= 4 is 5.84 Å². The molecule has 0 amide bonds. The van der Waals surface area contributed by atoms with Crippen molar-refractivity contribution in [3.63, 3.8) is 0 Å². The molecule has 0 heterocycles. The van der Waals surface area contributed by atoms with E-state index in [1.165, 1.54) is 12.8 Å². The van der Waals surface area contributed by atoms with Crippen LogP contribution in [-0.2, 0) is 0 Å². The van der Waals surface area contributed by atoms with E-state index >= 15 is 0 Å². The topological polar surface area (TPSA) is 61.8 Å². The van der Waals surface area contributed by atoms with Crippen LogP contribution in [0.5, 0.6) is 0 Å². The van der Waals surface area contributed by atoms with E-state index < -0.39 is 0 Å². The maximum absolute atomic E-state index is 8.53. The van der Waals surface area contributed by atoms with Gasteiger partial charge in [0.25, 0.3) is 0 Å². The number of nitrogens with zero attached hydrogens (tertiary/aromatic N) is 2. The highest BCUT2D eigenvalue weighted by molar-refractivity contribution is 5.82. The Morgan fingerprint density at radius 1 is 1.40 bits per heavy atom. The first-order valence-corrected chi connectivity index (χ1v) is 5.67. The molecule has 0 aliphatic heterocycles. The summed E-state index contributed by atoms with van der Waals surface area (Å²) in [7, 11) is 2.08. The Kier molecular flexibility index (Phi) is 7.13. The molecule has 90 valence electrons. The Labute approximate surface area is 93.1 Å². The van der Waals surface area contributed by atoms with Crippen molar-refractivity contribution in [1.29, 1.82) is 0 Å². The Morgan fingerprint density at radius 2 is 2.00 bits per heavy atom. The summed E-state index contributed by atoms with van der Waals surface area (Å²) in [6.07, 6.45) is 2.48. The van der Waals surface area contributed by atoms with Gasteiger partial charge in [-0.3, -0.25) is 0 Å². The van der Waals surface area contributed by atoms with Crippen molar-refractivity contribution in [2.45, 2.75) is 33.6 Å². The Balaban J connectivity index is 3.87. The highest BCUT2D eigenvalue weighted by atomic mass is 16.4. The van der Waals surface area contributed by atoms with Crippen LogP contribution in [0, 0.1) is 11.8 Å². The second-order valence-corrected chi connectivity index (χ2v) is 4.54. The third-order valence-corrected chi connectivity index (χ3v) is 2.61. The van der Waals surface area contributed by atoms with Gasteiger partial charge in [-0.15, -0.1) is 0 Å². The molecule has 4 heteroatoms. The Bertz CT molecular complexity index is 194. The van der Waals surface area contributed by atoms with Crippen LogP contribution in [0.15, 0.2) is 5.16 Å². The number of oxime groups is 1. The van der Waals surface area contributed by atoms with Crippen molar-refractivity contribution in [3.05, 3.63) is 0 Å². The monoisotopic (exact) mass is 215 g/mol. The van der Waals surface area contributed by atoms with Gasteiger partial charge in [-0.05, 0) is 19.4 Å². The van der Waals surface area contributed by atoms with Crippen LogP contribution in [-0.4, -0.2) is 36.1 Å². The molecule has 0 spiro atoms. The lowest BCUT2D eigenvalue weighted by molar-refractivity contribution is 0.259. The van der Waals surface area contributed by atoms with Gasteiger partial charge < -0.3 is 15.8 Å². The summed E-state index contributed by atoms with van der Waals surface area (Å²) in [6.45, 7) is 8.33. The van der Waals surface area contributed by atoms with Crippen molar-refractivity contribution < 1.29 is 5.21 Å². The molecule has 0 aromatic heterocycles. The molecule has 0 saturated carbocycles. The molecule has 0 aromatic carbocycles. The molecule has 4 nitrogen and oxygen atoms in total. The highest BCUT2D eigenvalue weighted by Gasteiger charge is 2.12. The number of hydrogen-bond donors (Lipinski definition) is 2. The van der Waals surface area contributed by atoms with Gasteiger partial charge in [-0.1, -0.05) is 32.3 Å². The molecular weight excluding hydrogens is 190 g/mol. The summed E-state index contributed by atoms with van der Waals surface area (Å²) < 4.78 is 0. The molecule has 0 bridgehead atoms. The van der Waals surface area contributed by atoms with Gasteiger partial charge in [0.05, 0.1) is 0 Å². The van der Waals surface area contributed by atoms with Gasteiger partial charge in [-0.2, -0.15) is 0 Å². The molecule has 15 heavy (non-hydrogen) atoms. The van der Waals surface area contributed by atoms with Crippen LogP contribution in [0.25, 0.3) is 0 Å². The van der Waals surface area contributed by atoms with Crippen LogP contribution in [0.4, 0.5) is 0 Å². The smallest absolute Gasteiger partial charge is 0.143 e. The van der Waals surface area contributed by atoms with E-state index in [-0.39, 0.29) is 5.92 Å². The van der Waals surface area contributed by atoms with Crippen molar-refractivity contribution in [2.24, 2.45) is 22.7 Å². The minimum absolute atomic E-state index is 0.105. The molecule has 0 radical (unpaired) electrons. The minimum atomic E-state index is 0.105. The predicted octanol–water partition coefficient (Wildman–Crippen LogP) is 1.74. The van der Waals surface area contributed by atoms with Crippen molar-refractivity contribution in [2.75, 3.05) is 20.1 Å². The van der Waals surface area contributed by atoms with E-state index in [4.69, 9.17) is 10.9 Å². The second kappa shape index (κ2) is 7.51. The fraction of sp³-hybridized carbons (Fsp3) is 0.909. The number of nitrogens with two attached hydrogens (primary N) is 1. The number of hydrogen-bond acceptors (Lipinski definition) is 3. The second-order valence-electron chi connectivity index (χ2n) is 4.54. The maximum Gasteiger partial charge on any atom is 0.143 e. The van der Waals surface area contributed by atoms with Crippen LogP contribution >= 0.6 is 0 Å². The standard InChI is InChI=1S/C11H25N3O/c1-5-6-9(2)7-14(4)8-10(3)11(12)13-15/h9-10,15H,5-8H2,1-4H3,(H2,12,13). The normalized spacial score (nSPS) is 16.7. The van der Waals surface area contributed by atoms with Crippen molar-refractivity contribution in [1.82, 2.24) is 4.90 Å². The lowest BCUT2D eigenvalue weighted by atomic mass is 10.0. The molecule has 2 unspecified atom stereocenters. The Hall–Kier alpha value is -0.770. The molecule has 0 fully saturated rings. The van der Waals surface area contributed by atoms with E-state index in [9.17, 15) is 0 Å². The highest BCUT2D eigenvalue weighted by Crippen LogP contribution is 2.08. The SMILES string of the molecule is CCCC(C)CN(C)CC(C)C(N)=NO. The van der Waals surface area contributed by atoms with E-state index in [1.807, 2.05) is 6.92 Å². The van der Waals surface area contributed by atoms with Crippen molar-refractivity contribution in [3.8, 4) is 0 Å². The first-order chi connectivity index (χ1) is 7.01. The summed E-state index contributed by atoms with van der Waals surface area (Å²) >= 11 is 0. The summed E-state index contributed by atoms with van der Waals surface area (Å²) in [4.78, 5) is 2.24. The van der Waals surface area contributed by atoms with Crippen LogP contribution in [0.1, 0.15) is 33.6 Å². The van der Waals surface area contributed by atoms with Gasteiger partial charge in [0, 0.05) is 19.0 Å². The zero-order valence-corrected chi connectivity index (χ0v) is 10.4. The van der Waals surface area contributed by atoms with Crippen LogP contribution < -0.4 is 5.73 Å². The van der Waals surface area contributed by atoms with Gasteiger partial charge in [0.2, 0.25) is 0 Å². The maximum atomic E-state index is 8.53. The molecular formula is C11H25N3O. The van der Waals surface area contributed by atoms with Crippen LogP contribution in [0.3, 0.4) is 0 Å². The molecule has 0 rings (SSSR count). The van der Waals surface area contributed by atoms with Crippen LogP contribution in [0.2, 0.25) is 0 Å². The molecule has 3 N–H and O–H groups in total. The van der Waals surface area contributed by atoms with Gasteiger partial charge in [0.15, 0.2) is 0 Å². The first-order valence-electron chi connectivity index (χ1n) is 5.67. The van der Waals surface area contributed by atoms with E-state index in [0.717, 1.165) is 13.1 Å². The van der Waals surface area contributed by atoms with E-state index in [2.05, 4.69) is 31.0 Å². The third kappa shape index (κ3) is 6.33.